The maximum Gasteiger partial charge on any atom is 0.258 e. The molecule has 4 aromatic rings. The van der Waals surface area contributed by atoms with Crippen molar-refractivity contribution in [3.05, 3.63) is 81.9 Å². The topological polar surface area (TPSA) is 72.7 Å². The normalized spacial score (nSPS) is 11.0. The summed E-state index contributed by atoms with van der Waals surface area (Å²) in [5.41, 5.74) is 3.29. The van der Waals surface area contributed by atoms with Gasteiger partial charge in [0.15, 0.2) is 5.65 Å². The Morgan fingerprint density at radius 3 is 2.54 bits per heavy atom. The number of hydrogen-bond acceptors (Lipinski definition) is 4. The Kier molecular flexibility index (Phi) is 4.98. The van der Waals surface area contributed by atoms with E-state index < -0.39 is 0 Å². The minimum absolute atomic E-state index is 0.288. The van der Waals surface area contributed by atoms with Gasteiger partial charge >= 0.3 is 0 Å². The van der Waals surface area contributed by atoms with Gasteiger partial charge in [0, 0.05) is 29.3 Å². The van der Waals surface area contributed by atoms with Crippen LogP contribution in [0.15, 0.2) is 55.0 Å². The van der Waals surface area contributed by atoms with Crippen LogP contribution in [0.2, 0.25) is 10.0 Å². The number of carbonyl (C=O) groups excluding carboxylic acids is 1. The Morgan fingerprint density at radius 2 is 1.82 bits per heavy atom. The van der Waals surface area contributed by atoms with E-state index in [9.17, 15) is 4.79 Å². The molecule has 4 rings (SSSR count). The number of fused-ring (bicyclic) bond motifs is 1. The SMILES string of the molecule is Cc1nn(Cc2ccncc2)c2ncc(C(=O)Nc3ccc(Cl)cc3)c(Cl)c12. The van der Waals surface area contributed by atoms with Crippen LogP contribution in [0.25, 0.3) is 11.0 Å². The summed E-state index contributed by atoms with van der Waals surface area (Å²) in [5, 5.41) is 8.93. The fraction of sp³-hybridized carbons (Fsp3) is 0.100. The van der Waals surface area contributed by atoms with E-state index in [1.54, 1.807) is 41.3 Å². The smallest absolute Gasteiger partial charge is 0.258 e. The van der Waals surface area contributed by atoms with Crippen LogP contribution >= 0.6 is 23.2 Å². The largest absolute Gasteiger partial charge is 0.322 e. The third kappa shape index (κ3) is 3.56. The number of carbonyl (C=O) groups is 1. The number of pyridine rings is 2. The number of anilines is 1. The standard InChI is InChI=1S/C20H15Cl2N5O/c1-12-17-18(22)16(20(28)25-15-4-2-14(21)3-5-15)10-24-19(17)27(26-12)11-13-6-8-23-9-7-13/h2-10H,11H2,1H3,(H,25,28). The maximum absolute atomic E-state index is 12.7. The van der Waals surface area contributed by atoms with Gasteiger partial charge in [0.1, 0.15) is 0 Å². The Labute approximate surface area is 171 Å². The van der Waals surface area contributed by atoms with Crippen molar-refractivity contribution in [2.24, 2.45) is 0 Å². The van der Waals surface area contributed by atoms with Crippen molar-refractivity contribution < 1.29 is 4.79 Å². The van der Waals surface area contributed by atoms with Gasteiger partial charge in [-0.1, -0.05) is 23.2 Å². The zero-order valence-electron chi connectivity index (χ0n) is 14.9. The monoisotopic (exact) mass is 411 g/mol. The summed E-state index contributed by atoms with van der Waals surface area (Å²) in [6, 6.07) is 10.7. The van der Waals surface area contributed by atoms with E-state index in [0.717, 1.165) is 5.56 Å². The number of nitrogens with one attached hydrogen (secondary N) is 1. The molecule has 8 heteroatoms. The fourth-order valence-electron chi connectivity index (χ4n) is 2.94. The summed E-state index contributed by atoms with van der Waals surface area (Å²) in [6.45, 7) is 2.38. The second kappa shape index (κ2) is 7.58. The van der Waals surface area contributed by atoms with Crippen molar-refractivity contribution >= 4 is 45.8 Å². The quantitative estimate of drug-likeness (QED) is 0.526. The molecule has 28 heavy (non-hydrogen) atoms. The predicted molar refractivity (Wildman–Crippen MR) is 110 cm³/mol. The molecule has 6 nitrogen and oxygen atoms in total. The molecule has 140 valence electrons. The molecular formula is C20H15Cl2N5O. The summed E-state index contributed by atoms with van der Waals surface area (Å²) in [7, 11) is 0. The lowest BCUT2D eigenvalue weighted by atomic mass is 10.2. The van der Waals surface area contributed by atoms with Crippen LogP contribution in [0.3, 0.4) is 0 Å². The lowest BCUT2D eigenvalue weighted by Gasteiger charge is -2.08. The molecule has 0 aliphatic rings. The molecule has 1 amide bonds. The molecule has 0 radical (unpaired) electrons. The molecule has 0 aliphatic heterocycles. The Bertz CT molecular complexity index is 1160. The minimum Gasteiger partial charge on any atom is -0.322 e. The van der Waals surface area contributed by atoms with Crippen LogP contribution in [0, 0.1) is 6.92 Å². The van der Waals surface area contributed by atoms with Crippen LogP contribution in [-0.2, 0) is 6.54 Å². The molecule has 1 N–H and O–H groups in total. The highest BCUT2D eigenvalue weighted by atomic mass is 35.5. The van der Waals surface area contributed by atoms with Crippen molar-refractivity contribution in [3.8, 4) is 0 Å². The summed E-state index contributed by atoms with van der Waals surface area (Å²) in [4.78, 5) is 21.1. The zero-order valence-corrected chi connectivity index (χ0v) is 16.4. The number of nitrogens with zero attached hydrogens (tertiary/aromatic N) is 4. The maximum atomic E-state index is 12.7. The second-order valence-electron chi connectivity index (χ2n) is 6.24. The van der Waals surface area contributed by atoms with Gasteiger partial charge in [-0.25, -0.2) is 9.67 Å². The summed E-state index contributed by atoms with van der Waals surface area (Å²) in [6.07, 6.45) is 4.93. The second-order valence-corrected chi connectivity index (χ2v) is 7.06. The first-order valence-electron chi connectivity index (χ1n) is 8.50. The van der Waals surface area contributed by atoms with Gasteiger partial charge in [-0.3, -0.25) is 9.78 Å². The fourth-order valence-corrected chi connectivity index (χ4v) is 3.42. The van der Waals surface area contributed by atoms with Gasteiger partial charge in [-0.15, -0.1) is 0 Å². The number of aromatic nitrogens is 4. The number of rotatable bonds is 4. The number of benzene rings is 1. The molecule has 3 heterocycles. The summed E-state index contributed by atoms with van der Waals surface area (Å²) < 4.78 is 1.77. The molecule has 1 aromatic carbocycles. The van der Waals surface area contributed by atoms with Crippen molar-refractivity contribution in [2.75, 3.05) is 5.32 Å². The summed E-state index contributed by atoms with van der Waals surface area (Å²) >= 11 is 12.4. The molecule has 0 saturated carbocycles. The molecule has 0 spiro atoms. The minimum atomic E-state index is -0.344. The van der Waals surface area contributed by atoms with Gasteiger partial charge in [0.25, 0.3) is 5.91 Å². The molecule has 0 atom stereocenters. The van der Waals surface area contributed by atoms with Crippen molar-refractivity contribution in [1.82, 2.24) is 19.7 Å². The molecular weight excluding hydrogens is 397 g/mol. The molecule has 0 unspecified atom stereocenters. The number of hydrogen-bond donors (Lipinski definition) is 1. The Hall–Kier alpha value is -2.96. The van der Waals surface area contributed by atoms with Gasteiger partial charge in [-0.05, 0) is 48.9 Å². The van der Waals surface area contributed by atoms with E-state index in [1.165, 1.54) is 6.20 Å². The molecule has 0 aliphatic carbocycles. The molecule has 0 fully saturated rings. The van der Waals surface area contributed by atoms with Crippen molar-refractivity contribution in [1.29, 1.82) is 0 Å². The Morgan fingerprint density at radius 1 is 1.11 bits per heavy atom. The van der Waals surface area contributed by atoms with Gasteiger partial charge in [0.05, 0.1) is 28.2 Å². The Balaban J connectivity index is 1.68. The van der Waals surface area contributed by atoms with Crippen LogP contribution in [-0.4, -0.2) is 25.7 Å². The van der Waals surface area contributed by atoms with E-state index >= 15 is 0 Å². The van der Waals surface area contributed by atoms with Gasteiger partial charge in [0.2, 0.25) is 0 Å². The van der Waals surface area contributed by atoms with E-state index in [1.807, 2.05) is 19.1 Å². The average Bonchev–Trinajstić information content (AvgIpc) is 3.01. The van der Waals surface area contributed by atoms with Crippen LogP contribution in [0.5, 0.6) is 0 Å². The lowest BCUT2D eigenvalue weighted by molar-refractivity contribution is 0.102. The van der Waals surface area contributed by atoms with Crippen LogP contribution < -0.4 is 5.32 Å². The highest BCUT2D eigenvalue weighted by Crippen LogP contribution is 2.29. The van der Waals surface area contributed by atoms with Crippen LogP contribution in [0.4, 0.5) is 5.69 Å². The zero-order chi connectivity index (χ0) is 19.7. The number of halogens is 2. The predicted octanol–water partition coefficient (Wildman–Crippen LogP) is 4.74. The van der Waals surface area contributed by atoms with Gasteiger partial charge in [-0.2, -0.15) is 5.10 Å². The first-order chi connectivity index (χ1) is 13.5. The van der Waals surface area contributed by atoms with Crippen molar-refractivity contribution in [2.45, 2.75) is 13.5 Å². The molecule has 3 aromatic heterocycles. The van der Waals surface area contributed by atoms with Crippen LogP contribution in [0.1, 0.15) is 21.6 Å². The van der Waals surface area contributed by atoms with E-state index in [0.29, 0.717) is 39.0 Å². The van der Waals surface area contributed by atoms with E-state index in [-0.39, 0.29) is 11.5 Å². The third-order valence-electron chi connectivity index (χ3n) is 4.30. The first-order valence-corrected chi connectivity index (χ1v) is 9.26. The van der Waals surface area contributed by atoms with E-state index in [4.69, 9.17) is 23.2 Å². The number of aryl methyl sites for hydroxylation is 1. The number of amides is 1. The molecule has 0 bridgehead atoms. The highest BCUT2D eigenvalue weighted by Gasteiger charge is 2.19. The van der Waals surface area contributed by atoms with E-state index in [2.05, 4.69) is 20.4 Å². The van der Waals surface area contributed by atoms with Gasteiger partial charge < -0.3 is 5.32 Å². The molecule has 0 saturated heterocycles. The summed E-state index contributed by atoms with van der Waals surface area (Å²) in [5.74, 6) is -0.344. The highest BCUT2D eigenvalue weighted by molar-refractivity contribution is 6.39. The average molecular weight is 412 g/mol. The first kappa shape index (κ1) is 18.4. The lowest BCUT2D eigenvalue weighted by Crippen LogP contribution is -2.13. The third-order valence-corrected chi connectivity index (χ3v) is 4.95. The van der Waals surface area contributed by atoms with Crippen molar-refractivity contribution in [3.63, 3.8) is 0 Å².